The molecule has 1 aliphatic rings. The van der Waals surface area contributed by atoms with Crippen molar-refractivity contribution in [3.05, 3.63) is 71.8 Å². The van der Waals surface area contributed by atoms with Gasteiger partial charge >= 0.3 is 6.61 Å². The van der Waals surface area contributed by atoms with Crippen molar-refractivity contribution in [3.8, 4) is 34.8 Å². The predicted molar refractivity (Wildman–Crippen MR) is 143 cm³/mol. The van der Waals surface area contributed by atoms with Gasteiger partial charge in [0, 0.05) is 23.9 Å². The van der Waals surface area contributed by atoms with Gasteiger partial charge in [-0.15, -0.1) is 5.10 Å². The van der Waals surface area contributed by atoms with Gasteiger partial charge in [-0.2, -0.15) is 19.1 Å². The molecule has 0 bridgehead atoms. The molecule has 1 saturated heterocycles. The van der Waals surface area contributed by atoms with Gasteiger partial charge in [0.05, 0.1) is 46.9 Å². The van der Waals surface area contributed by atoms with Crippen molar-refractivity contribution in [2.45, 2.75) is 26.6 Å². The second-order valence-corrected chi connectivity index (χ2v) is 9.31. The van der Waals surface area contributed by atoms with Gasteiger partial charge in [-0.05, 0) is 49.7 Å². The molecule has 0 aliphatic carbocycles. The summed E-state index contributed by atoms with van der Waals surface area (Å²) in [7, 11) is 0. The lowest BCUT2D eigenvalue weighted by Gasteiger charge is -2.27. The maximum atomic E-state index is 12.8. The monoisotopic (exact) mass is 556 g/mol. The van der Waals surface area contributed by atoms with Gasteiger partial charge in [0.25, 0.3) is 0 Å². The van der Waals surface area contributed by atoms with Crippen molar-refractivity contribution in [3.63, 3.8) is 0 Å². The van der Waals surface area contributed by atoms with Crippen molar-refractivity contribution >= 4 is 22.5 Å². The fourth-order valence-electron chi connectivity index (χ4n) is 4.27. The molecule has 41 heavy (non-hydrogen) atoms. The largest absolute Gasteiger partial charge is 0.483 e. The average molecular weight is 557 g/mol. The van der Waals surface area contributed by atoms with Crippen LogP contribution in [0.1, 0.15) is 16.8 Å². The second kappa shape index (κ2) is 10.7. The number of imidazole rings is 1. The highest BCUT2D eigenvalue weighted by Crippen LogP contribution is 2.35. The van der Waals surface area contributed by atoms with Crippen molar-refractivity contribution in [2.24, 2.45) is 0 Å². The van der Waals surface area contributed by atoms with Crippen LogP contribution < -0.4 is 14.8 Å². The lowest BCUT2D eigenvalue weighted by atomic mass is 10.0. The topological polar surface area (TPSA) is 133 Å². The summed E-state index contributed by atoms with van der Waals surface area (Å²) in [4.78, 5) is 13.2. The van der Waals surface area contributed by atoms with Crippen LogP contribution in [0.5, 0.6) is 11.6 Å². The van der Waals surface area contributed by atoms with E-state index >= 15 is 0 Å². The molecule has 206 valence electrons. The van der Waals surface area contributed by atoms with E-state index in [0.29, 0.717) is 64.1 Å². The Hall–Kier alpha value is -5.22. The third-order valence-electron chi connectivity index (χ3n) is 6.40. The van der Waals surface area contributed by atoms with Crippen LogP contribution in [-0.4, -0.2) is 55.6 Å². The normalized spacial score (nSPS) is 13.2. The first-order chi connectivity index (χ1) is 19.9. The zero-order chi connectivity index (χ0) is 28.5. The molecule has 0 atom stereocenters. The Morgan fingerprint density at radius 2 is 1.95 bits per heavy atom. The maximum absolute atomic E-state index is 12.8. The number of nitrogens with zero attached hydrogens (tertiary/aromatic N) is 7. The Balaban J connectivity index is 1.44. The molecule has 0 amide bonds. The third-order valence-corrected chi connectivity index (χ3v) is 6.40. The Labute approximate surface area is 232 Å². The Morgan fingerprint density at radius 3 is 2.66 bits per heavy atom. The van der Waals surface area contributed by atoms with E-state index in [1.165, 1.54) is 12.3 Å². The first-order valence-corrected chi connectivity index (χ1v) is 12.5. The molecule has 0 spiro atoms. The molecule has 4 aromatic heterocycles. The molecule has 1 fully saturated rings. The number of nitriles is 1. The molecule has 0 saturated carbocycles. The number of hydrogen-bond acceptors (Lipinski definition) is 10. The summed E-state index contributed by atoms with van der Waals surface area (Å²) in [5.74, 6) is 1.29. The van der Waals surface area contributed by atoms with E-state index < -0.39 is 6.61 Å². The number of alkyl halides is 2. The van der Waals surface area contributed by atoms with Gasteiger partial charge in [-0.3, -0.25) is 4.57 Å². The van der Waals surface area contributed by atoms with Crippen LogP contribution >= 0.6 is 0 Å². The summed E-state index contributed by atoms with van der Waals surface area (Å²) >= 11 is 0. The molecule has 1 aliphatic heterocycles. The SMILES string of the molecule is Cc1ccc(Nc2cc3c(cc2OC2COC2)ncn3-c2ccc(C#N)c(-c3cc(OC(F)F)ncc3C)n2)nn1. The molecule has 13 heteroatoms. The molecule has 6 rings (SSSR count). The third kappa shape index (κ3) is 5.32. The minimum Gasteiger partial charge on any atom is -0.483 e. The van der Waals surface area contributed by atoms with E-state index in [9.17, 15) is 14.0 Å². The molecule has 1 aromatic carbocycles. The summed E-state index contributed by atoms with van der Waals surface area (Å²) in [6.45, 7) is 1.55. The number of fused-ring (bicyclic) bond motifs is 1. The van der Waals surface area contributed by atoms with Crippen LogP contribution in [-0.2, 0) is 4.74 Å². The molecule has 0 unspecified atom stereocenters. The van der Waals surface area contributed by atoms with Crippen LogP contribution in [0.25, 0.3) is 28.1 Å². The zero-order valence-electron chi connectivity index (χ0n) is 21.9. The number of anilines is 2. The van der Waals surface area contributed by atoms with Crippen molar-refractivity contribution in [1.82, 2.24) is 29.7 Å². The van der Waals surface area contributed by atoms with Gasteiger partial charge in [-0.25, -0.2) is 15.0 Å². The van der Waals surface area contributed by atoms with E-state index in [1.807, 2.05) is 31.2 Å². The molecule has 5 aromatic rings. The molecule has 11 nitrogen and oxygen atoms in total. The highest BCUT2D eigenvalue weighted by Gasteiger charge is 2.23. The summed E-state index contributed by atoms with van der Waals surface area (Å²) in [5.41, 5.74) is 4.39. The first kappa shape index (κ1) is 26.0. The molecule has 1 N–H and O–H groups in total. The van der Waals surface area contributed by atoms with E-state index in [-0.39, 0.29) is 17.5 Å². The van der Waals surface area contributed by atoms with E-state index in [4.69, 9.17) is 14.5 Å². The summed E-state index contributed by atoms with van der Waals surface area (Å²) < 4.78 is 43.3. The van der Waals surface area contributed by atoms with Gasteiger partial charge in [0.15, 0.2) is 5.82 Å². The number of rotatable bonds is 8. The predicted octanol–water partition coefficient (Wildman–Crippen LogP) is 4.88. The van der Waals surface area contributed by atoms with Crippen molar-refractivity contribution < 1.29 is 23.0 Å². The number of hydrogen-bond donors (Lipinski definition) is 1. The van der Waals surface area contributed by atoms with Crippen LogP contribution in [0.4, 0.5) is 20.3 Å². The van der Waals surface area contributed by atoms with Crippen molar-refractivity contribution in [1.29, 1.82) is 5.26 Å². The number of aromatic nitrogens is 6. The smallest absolute Gasteiger partial charge is 0.388 e. The second-order valence-electron chi connectivity index (χ2n) is 9.31. The minimum absolute atomic E-state index is 0.0792. The van der Waals surface area contributed by atoms with Crippen LogP contribution in [0, 0.1) is 25.2 Å². The van der Waals surface area contributed by atoms with Gasteiger partial charge in [0.1, 0.15) is 30.1 Å². The van der Waals surface area contributed by atoms with Gasteiger partial charge in [-0.1, -0.05) is 0 Å². The van der Waals surface area contributed by atoms with E-state index in [1.54, 1.807) is 30.0 Å². The van der Waals surface area contributed by atoms with E-state index in [0.717, 1.165) is 5.69 Å². The maximum Gasteiger partial charge on any atom is 0.388 e. The Bertz CT molecular complexity index is 1780. The number of aryl methyl sites for hydroxylation is 2. The fourth-order valence-corrected chi connectivity index (χ4v) is 4.27. The van der Waals surface area contributed by atoms with Gasteiger partial charge < -0.3 is 19.5 Å². The highest BCUT2D eigenvalue weighted by atomic mass is 19.3. The zero-order valence-corrected chi connectivity index (χ0v) is 21.9. The standard InChI is InChI=1S/C28H22F2N8O3/c1-15-11-32-26(41-28(29)30)7-19(15)27-17(10-31)4-6-25(35-27)38-14-33-20-9-23(40-18-12-39-13-18)21(8-22(20)38)34-24-5-3-16(2)36-37-24/h3-9,11,14,18,28H,12-13H2,1-2H3,(H,34,37). The highest BCUT2D eigenvalue weighted by molar-refractivity contribution is 5.86. The first-order valence-electron chi connectivity index (χ1n) is 12.5. The van der Waals surface area contributed by atoms with Crippen LogP contribution in [0.15, 0.2) is 55.0 Å². The number of benzene rings is 1. The lowest BCUT2D eigenvalue weighted by molar-refractivity contribution is -0.0793. The lowest BCUT2D eigenvalue weighted by Crippen LogP contribution is -2.38. The number of nitrogens with one attached hydrogen (secondary N) is 1. The fraction of sp³-hybridized carbons (Fsp3) is 0.214. The molecular weight excluding hydrogens is 534 g/mol. The minimum atomic E-state index is -3.04. The number of ether oxygens (including phenoxy) is 3. The van der Waals surface area contributed by atoms with Crippen molar-refractivity contribution in [2.75, 3.05) is 18.5 Å². The quantitative estimate of drug-likeness (QED) is 0.282. The summed E-state index contributed by atoms with van der Waals surface area (Å²) in [6.07, 6.45) is 2.93. The Morgan fingerprint density at radius 1 is 1.10 bits per heavy atom. The van der Waals surface area contributed by atoms with Crippen LogP contribution in [0.3, 0.4) is 0 Å². The van der Waals surface area contributed by atoms with E-state index in [2.05, 4.69) is 36.3 Å². The molecular formula is C28H22F2N8O3. The Kier molecular flexibility index (Phi) is 6.82. The van der Waals surface area contributed by atoms with Gasteiger partial charge in [0.2, 0.25) is 5.88 Å². The molecule has 0 radical (unpaired) electrons. The number of halogens is 2. The summed E-state index contributed by atoms with van der Waals surface area (Å²) in [6, 6.07) is 14.1. The number of pyridine rings is 2. The summed E-state index contributed by atoms with van der Waals surface area (Å²) in [5, 5.41) is 21.4. The average Bonchev–Trinajstić information content (AvgIpc) is 3.35. The van der Waals surface area contributed by atoms with Crippen LogP contribution in [0.2, 0.25) is 0 Å². The molecule has 5 heterocycles.